The number of aromatic nitrogens is 4. The van der Waals surface area contributed by atoms with Crippen LogP contribution in [0.3, 0.4) is 0 Å². The second-order valence-electron chi connectivity index (χ2n) is 7.52. The van der Waals surface area contributed by atoms with Crippen molar-refractivity contribution in [1.82, 2.24) is 24.5 Å². The second-order valence-corrected chi connectivity index (χ2v) is 9.46. The molecule has 10 nitrogen and oxygen atoms in total. The molecule has 2 heterocycles. The molecule has 0 amide bonds. The SMILES string of the molecule is CC1CN(S(=O)(=O)c2ccc(C(=O)OCc3nnnn3-c3ccccc3)cc2)CC(C)O1. The summed E-state index contributed by atoms with van der Waals surface area (Å²) >= 11 is 0. The highest BCUT2D eigenvalue weighted by molar-refractivity contribution is 7.89. The third kappa shape index (κ3) is 4.69. The Morgan fingerprint density at radius 3 is 2.38 bits per heavy atom. The molecule has 0 saturated carbocycles. The summed E-state index contributed by atoms with van der Waals surface area (Å²) in [7, 11) is -3.68. The van der Waals surface area contributed by atoms with Gasteiger partial charge in [-0.2, -0.15) is 8.99 Å². The fourth-order valence-electron chi connectivity index (χ4n) is 3.52. The summed E-state index contributed by atoms with van der Waals surface area (Å²) in [4.78, 5) is 12.6. The van der Waals surface area contributed by atoms with Gasteiger partial charge in [0.1, 0.15) is 0 Å². The van der Waals surface area contributed by atoms with Crippen molar-refractivity contribution < 1.29 is 22.7 Å². The maximum absolute atomic E-state index is 12.9. The Hall–Kier alpha value is -3.15. The first-order chi connectivity index (χ1) is 15.3. The van der Waals surface area contributed by atoms with E-state index in [2.05, 4.69) is 15.5 Å². The molecule has 0 N–H and O–H groups in total. The first-order valence-corrected chi connectivity index (χ1v) is 11.5. The van der Waals surface area contributed by atoms with Gasteiger partial charge in [0.25, 0.3) is 0 Å². The Bertz CT molecular complexity index is 1170. The van der Waals surface area contributed by atoms with Crippen molar-refractivity contribution in [3.63, 3.8) is 0 Å². The maximum Gasteiger partial charge on any atom is 0.338 e. The molecule has 32 heavy (non-hydrogen) atoms. The third-order valence-electron chi connectivity index (χ3n) is 4.98. The van der Waals surface area contributed by atoms with Gasteiger partial charge < -0.3 is 9.47 Å². The van der Waals surface area contributed by atoms with Crippen LogP contribution in [0, 0.1) is 0 Å². The van der Waals surface area contributed by atoms with Crippen molar-refractivity contribution in [3.05, 3.63) is 66.0 Å². The minimum atomic E-state index is -3.68. The largest absolute Gasteiger partial charge is 0.454 e. The zero-order valence-corrected chi connectivity index (χ0v) is 18.5. The molecule has 2 aromatic carbocycles. The Morgan fingerprint density at radius 1 is 1.06 bits per heavy atom. The van der Waals surface area contributed by atoms with E-state index in [0.29, 0.717) is 5.82 Å². The van der Waals surface area contributed by atoms with E-state index in [9.17, 15) is 13.2 Å². The average Bonchev–Trinajstić information content (AvgIpc) is 3.26. The van der Waals surface area contributed by atoms with Crippen molar-refractivity contribution in [2.45, 2.75) is 37.6 Å². The molecule has 2 unspecified atom stereocenters. The van der Waals surface area contributed by atoms with Crippen molar-refractivity contribution in [1.29, 1.82) is 0 Å². The summed E-state index contributed by atoms with van der Waals surface area (Å²) in [5, 5.41) is 11.4. The third-order valence-corrected chi connectivity index (χ3v) is 6.83. The van der Waals surface area contributed by atoms with Gasteiger partial charge in [-0.05, 0) is 60.7 Å². The predicted octanol–water partition coefficient (Wildman–Crippen LogP) is 1.82. The van der Waals surface area contributed by atoms with Crippen LogP contribution >= 0.6 is 0 Å². The molecule has 4 rings (SSSR count). The first kappa shape index (κ1) is 22.1. The molecule has 168 valence electrons. The zero-order chi connectivity index (χ0) is 22.7. The number of benzene rings is 2. The van der Waals surface area contributed by atoms with Gasteiger partial charge in [-0.1, -0.05) is 18.2 Å². The minimum Gasteiger partial charge on any atom is -0.454 e. The highest BCUT2D eigenvalue weighted by atomic mass is 32.2. The Morgan fingerprint density at radius 2 is 1.72 bits per heavy atom. The minimum absolute atomic E-state index is 0.114. The molecule has 0 radical (unpaired) electrons. The van der Waals surface area contributed by atoms with Gasteiger partial charge in [-0.25, -0.2) is 13.2 Å². The molecule has 0 spiro atoms. The zero-order valence-electron chi connectivity index (χ0n) is 17.7. The summed E-state index contributed by atoms with van der Waals surface area (Å²) in [6.45, 7) is 4.11. The number of hydrogen-bond donors (Lipinski definition) is 0. The summed E-state index contributed by atoms with van der Waals surface area (Å²) in [6.07, 6.45) is -0.370. The highest BCUT2D eigenvalue weighted by Gasteiger charge is 2.32. The van der Waals surface area contributed by atoms with Gasteiger partial charge in [0, 0.05) is 13.1 Å². The van der Waals surface area contributed by atoms with E-state index in [1.165, 1.54) is 33.3 Å². The molecule has 1 aromatic heterocycles. The fourth-order valence-corrected chi connectivity index (χ4v) is 5.11. The van der Waals surface area contributed by atoms with Crippen LogP contribution in [0.4, 0.5) is 0 Å². The molecule has 1 fully saturated rings. The number of morpholine rings is 1. The Labute approximate surface area is 185 Å². The van der Waals surface area contributed by atoms with E-state index in [1.807, 2.05) is 44.2 Å². The number of tetrazole rings is 1. The smallest absolute Gasteiger partial charge is 0.338 e. The lowest BCUT2D eigenvalue weighted by Crippen LogP contribution is -2.48. The summed E-state index contributed by atoms with van der Waals surface area (Å²) in [6, 6.07) is 14.9. The number of carbonyl (C=O) groups excluding carboxylic acids is 1. The number of rotatable bonds is 6. The number of esters is 1. The van der Waals surface area contributed by atoms with E-state index in [1.54, 1.807) is 0 Å². The highest BCUT2D eigenvalue weighted by Crippen LogP contribution is 2.22. The lowest BCUT2D eigenvalue weighted by molar-refractivity contribution is -0.0440. The number of para-hydroxylation sites is 1. The molecular weight excluding hydrogens is 434 g/mol. The fraction of sp³-hybridized carbons (Fsp3) is 0.333. The van der Waals surface area contributed by atoms with Crippen LogP contribution in [-0.4, -0.2) is 64.2 Å². The second kappa shape index (κ2) is 9.15. The van der Waals surface area contributed by atoms with Crippen molar-refractivity contribution >= 4 is 16.0 Å². The average molecular weight is 458 g/mol. The molecule has 1 aliphatic heterocycles. The maximum atomic E-state index is 12.9. The summed E-state index contributed by atoms with van der Waals surface area (Å²) in [5.41, 5.74) is 0.969. The van der Waals surface area contributed by atoms with E-state index >= 15 is 0 Å². The molecule has 0 aliphatic carbocycles. The Kier molecular flexibility index (Phi) is 6.31. The van der Waals surface area contributed by atoms with Gasteiger partial charge in [-0.3, -0.25) is 0 Å². The first-order valence-electron chi connectivity index (χ1n) is 10.1. The quantitative estimate of drug-likeness (QED) is 0.515. The van der Waals surface area contributed by atoms with Crippen LogP contribution in [0.2, 0.25) is 0 Å². The van der Waals surface area contributed by atoms with Gasteiger partial charge >= 0.3 is 5.97 Å². The van der Waals surface area contributed by atoms with Crippen molar-refractivity contribution in [2.24, 2.45) is 0 Å². The van der Waals surface area contributed by atoms with Crippen LogP contribution in [0.25, 0.3) is 5.69 Å². The number of ether oxygens (including phenoxy) is 2. The molecule has 1 aliphatic rings. The topological polar surface area (TPSA) is 117 Å². The summed E-state index contributed by atoms with van der Waals surface area (Å²) in [5.74, 6) is -0.246. The van der Waals surface area contributed by atoms with Crippen molar-refractivity contribution in [2.75, 3.05) is 13.1 Å². The molecular formula is C21H23N5O5S. The Balaban J connectivity index is 1.43. The van der Waals surface area contributed by atoms with E-state index < -0.39 is 16.0 Å². The van der Waals surface area contributed by atoms with Gasteiger partial charge in [0.2, 0.25) is 10.0 Å². The molecule has 3 aromatic rings. The molecule has 1 saturated heterocycles. The monoisotopic (exact) mass is 457 g/mol. The van der Waals surface area contributed by atoms with Gasteiger partial charge in [0.05, 0.1) is 28.4 Å². The van der Waals surface area contributed by atoms with Crippen LogP contribution in [0.5, 0.6) is 0 Å². The van der Waals surface area contributed by atoms with E-state index in [4.69, 9.17) is 9.47 Å². The van der Waals surface area contributed by atoms with Crippen molar-refractivity contribution in [3.8, 4) is 5.69 Å². The number of nitrogens with zero attached hydrogens (tertiary/aromatic N) is 5. The number of carbonyl (C=O) groups is 1. The molecule has 2 atom stereocenters. The standard InChI is InChI=1S/C21H23N5O5S/c1-15-12-25(13-16(2)31-15)32(28,29)19-10-8-17(9-11-19)21(27)30-14-20-22-23-24-26(20)18-6-4-3-5-7-18/h3-11,15-16H,12-14H2,1-2H3. The molecule has 0 bridgehead atoms. The molecule has 11 heteroatoms. The predicted molar refractivity (Wildman–Crippen MR) is 113 cm³/mol. The van der Waals surface area contributed by atoms with Gasteiger partial charge in [-0.15, -0.1) is 5.10 Å². The van der Waals surface area contributed by atoms with Crippen LogP contribution in [-0.2, 0) is 26.1 Å². The summed E-state index contributed by atoms with van der Waals surface area (Å²) < 4.78 is 39.7. The van der Waals surface area contributed by atoms with E-state index in [-0.39, 0.29) is 42.4 Å². The lowest BCUT2D eigenvalue weighted by Gasteiger charge is -2.34. The van der Waals surface area contributed by atoms with Gasteiger partial charge in [0.15, 0.2) is 12.4 Å². The normalized spacial score (nSPS) is 19.6. The van der Waals surface area contributed by atoms with Crippen LogP contribution in [0.15, 0.2) is 59.5 Å². The lowest BCUT2D eigenvalue weighted by atomic mass is 10.2. The number of sulfonamides is 1. The van der Waals surface area contributed by atoms with E-state index in [0.717, 1.165) is 5.69 Å². The van der Waals surface area contributed by atoms with Crippen LogP contribution in [0.1, 0.15) is 30.0 Å². The van der Waals surface area contributed by atoms with Crippen LogP contribution < -0.4 is 0 Å². The number of hydrogen-bond acceptors (Lipinski definition) is 8.